The van der Waals surface area contributed by atoms with Crippen molar-refractivity contribution in [1.82, 2.24) is 24.9 Å². The Labute approximate surface area is 184 Å². The molecular weight excluding hydrogens is 394 g/mol. The first-order chi connectivity index (χ1) is 14.9. The van der Waals surface area contributed by atoms with Crippen LogP contribution in [0.4, 0.5) is 5.69 Å². The normalized spacial score (nSPS) is 16.1. The molecule has 1 atom stereocenters. The lowest BCUT2D eigenvalue weighted by atomic mass is 10.0. The maximum absolute atomic E-state index is 12.8. The number of nitrogens with one attached hydrogen (secondary N) is 1. The summed E-state index contributed by atoms with van der Waals surface area (Å²) in [5.74, 6) is 1.64. The number of hydrogen-bond acceptors (Lipinski definition) is 5. The van der Waals surface area contributed by atoms with Crippen LogP contribution in [-0.4, -0.2) is 85.4 Å². The minimum atomic E-state index is 0.0405. The Morgan fingerprint density at radius 3 is 2.71 bits per heavy atom. The Kier molecular flexibility index (Phi) is 7.51. The van der Waals surface area contributed by atoms with Crippen LogP contribution in [0.15, 0.2) is 41.7 Å². The van der Waals surface area contributed by atoms with Gasteiger partial charge in [0.15, 0.2) is 5.96 Å². The van der Waals surface area contributed by atoms with E-state index in [-0.39, 0.29) is 18.5 Å². The molecule has 1 saturated heterocycles. The summed E-state index contributed by atoms with van der Waals surface area (Å²) < 4.78 is 7.27. The number of anilines is 1. The summed E-state index contributed by atoms with van der Waals surface area (Å²) in [6, 6.07) is 8.08. The van der Waals surface area contributed by atoms with Crippen molar-refractivity contribution in [2.24, 2.45) is 12.0 Å². The maximum Gasteiger partial charge on any atom is 0.246 e. The first-order valence-electron chi connectivity index (χ1n) is 10.6. The number of likely N-dealkylation sites (N-methyl/N-ethyl adjacent to an activating group) is 1. The minimum absolute atomic E-state index is 0.0405. The molecule has 0 radical (unpaired) electrons. The summed E-state index contributed by atoms with van der Waals surface area (Å²) in [7, 11) is 7.61. The van der Waals surface area contributed by atoms with E-state index in [0.29, 0.717) is 19.6 Å². The van der Waals surface area contributed by atoms with Crippen LogP contribution < -0.4 is 15.0 Å². The van der Waals surface area contributed by atoms with Crippen LogP contribution in [0, 0.1) is 0 Å². The number of carbonyl (C=O) groups is 1. The zero-order valence-corrected chi connectivity index (χ0v) is 19.1. The van der Waals surface area contributed by atoms with Crippen LogP contribution in [0.2, 0.25) is 0 Å². The third-order valence-electron chi connectivity index (χ3n) is 5.39. The Morgan fingerprint density at radius 2 is 2.10 bits per heavy atom. The lowest BCUT2D eigenvalue weighted by molar-refractivity contribution is -0.120. The summed E-state index contributed by atoms with van der Waals surface area (Å²) in [5, 5.41) is 7.52. The van der Waals surface area contributed by atoms with Gasteiger partial charge in [-0.05, 0) is 27.1 Å². The molecule has 0 aliphatic carbocycles. The van der Waals surface area contributed by atoms with E-state index in [1.165, 1.54) is 0 Å². The van der Waals surface area contributed by atoms with Gasteiger partial charge in [-0.2, -0.15) is 5.10 Å². The fourth-order valence-electron chi connectivity index (χ4n) is 3.75. The topological polar surface area (TPSA) is 78.2 Å². The van der Waals surface area contributed by atoms with Gasteiger partial charge < -0.3 is 24.8 Å². The number of nitrogens with zero attached hydrogens (tertiary/aromatic N) is 6. The number of aromatic nitrogens is 2. The molecule has 3 rings (SSSR count). The Bertz CT molecular complexity index is 909. The highest BCUT2D eigenvalue weighted by Crippen LogP contribution is 2.28. The lowest BCUT2D eigenvalue weighted by Gasteiger charge is -2.35. The summed E-state index contributed by atoms with van der Waals surface area (Å²) in [6.07, 6.45) is 3.59. The molecule has 0 bridgehead atoms. The first-order valence-corrected chi connectivity index (χ1v) is 10.6. The quantitative estimate of drug-likeness (QED) is 0.531. The van der Waals surface area contributed by atoms with Crippen molar-refractivity contribution in [2.75, 3.05) is 58.8 Å². The number of aryl methyl sites for hydroxylation is 1. The number of carbonyl (C=O) groups excluding carboxylic acids is 1. The standard InChI is InChI=1S/C22H33N7O2/c1-6-23-22(24-14-19(26(2)3)18-9-7-8-10-20(18)31-5)28-11-12-29(21(30)16-28)17-13-25-27(4)15-17/h7-10,13,15,19H,6,11-12,14,16H2,1-5H3,(H,23,24). The summed E-state index contributed by atoms with van der Waals surface area (Å²) in [6.45, 7) is 4.89. The van der Waals surface area contributed by atoms with E-state index in [2.05, 4.69) is 21.4 Å². The molecule has 0 spiro atoms. The third-order valence-corrected chi connectivity index (χ3v) is 5.39. The number of ether oxygens (including phenoxy) is 1. The van der Waals surface area contributed by atoms with Gasteiger partial charge in [-0.1, -0.05) is 18.2 Å². The molecule has 1 N–H and O–H groups in total. The van der Waals surface area contributed by atoms with Crippen LogP contribution in [0.5, 0.6) is 5.75 Å². The van der Waals surface area contributed by atoms with Gasteiger partial charge in [-0.15, -0.1) is 0 Å². The van der Waals surface area contributed by atoms with Crippen molar-refractivity contribution in [3.8, 4) is 5.75 Å². The third kappa shape index (κ3) is 5.35. The number of hydrogen-bond donors (Lipinski definition) is 1. The molecule has 9 heteroatoms. The van der Waals surface area contributed by atoms with Crippen LogP contribution >= 0.6 is 0 Å². The number of piperazine rings is 1. The fourth-order valence-corrected chi connectivity index (χ4v) is 3.75. The fraction of sp³-hybridized carbons (Fsp3) is 0.500. The molecule has 168 valence electrons. The summed E-state index contributed by atoms with van der Waals surface area (Å²) >= 11 is 0. The summed E-state index contributed by atoms with van der Waals surface area (Å²) in [4.78, 5) is 23.6. The number of methoxy groups -OCH3 is 1. The van der Waals surface area contributed by atoms with Crippen molar-refractivity contribution in [3.63, 3.8) is 0 Å². The van der Waals surface area contributed by atoms with Gasteiger partial charge in [0.25, 0.3) is 0 Å². The number of rotatable bonds is 7. The Hall–Kier alpha value is -3.07. The van der Waals surface area contributed by atoms with E-state index in [1.807, 2.05) is 57.4 Å². The molecular formula is C22H33N7O2. The second kappa shape index (κ2) is 10.3. The first kappa shape index (κ1) is 22.6. The van der Waals surface area contributed by atoms with Gasteiger partial charge in [-0.3, -0.25) is 14.5 Å². The highest BCUT2D eigenvalue weighted by molar-refractivity contribution is 5.98. The zero-order chi connectivity index (χ0) is 22.4. The van der Waals surface area contributed by atoms with E-state index < -0.39 is 0 Å². The number of guanidine groups is 1. The molecule has 1 aliphatic heterocycles. The van der Waals surface area contributed by atoms with Crippen LogP contribution in [0.25, 0.3) is 0 Å². The van der Waals surface area contributed by atoms with E-state index >= 15 is 0 Å². The molecule has 2 heterocycles. The van der Waals surface area contributed by atoms with Crippen molar-refractivity contribution in [2.45, 2.75) is 13.0 Å². The smallest absolute Gasteiger partial charge is 0.246 e. The van der Waals surface area contributed by atoms with Crippen molar-refractivity contribution < 1.29 is 9.53 Å². The number of aliphatic imine (C=N–C) groups is 1. The SMILES string of the molecule is CCNC(=NCC(c1ccccc1OC)N(C)C)N1CCN(c2cnn(C)c2)C(=O)C1. The van der Waals surface area contributed by atoms with Crippen molar-refractivity contribution >= 4 is 17.6 Å². The maximum atomic E-state index is 12.8. The molecule has 9 nitrogen and oxygen atoms in total. The molecule has 31 heavy (non-hydrogen) atoms. The monoisotopic (exact) mass is 427 g/mol. The van der Waals surface area contributed by atoms with Gasteiger partial charge >= 0.3 is 0 Å². The van der Waals surface area contributed by atoms with Gasteiger partial charge in [0.2, 0.25) is 5.91 Å². The van der Waals surface area contributed by atoms with Crippen molar-refractivity contribution in [1.29, 1.82) is 0 Å². The van der Waals surface area contributed by atoms with E-state index in [0.717, 1.165) is 29.5 Å². The molecule has 1 fully saturated rings. The Balaban J connectivity index is 1.75. The molecule has 1 aromatic carbocycles. The highest BCUT2D eigenvalue weighted by Gasteiger charge is 2.28. The van der Waals surface area contributed by atoms with E-state index in [4.69, 9.17) is 9.73 Å². The van der Waals surface area contributed by atoms with Gasteiger partial charge in [0, 0.05) is 38.4 Å². The van der Waals surface area contributed by atoms with Gasteiger partial charge in [0.05, 0.1) is 31.6 Å². The summed E-state index contributed by atoms with van der Waals surface area (Å²) in [5.41, 5.74) is 1.92. The van der Waals surface area contributed by atoms with Gasteiger partial charge in [-0.25, -0.2) is 0 Å². The van der Waals surface area contributed by atoms with Crippen LogP contribution in [0.1, 0.15) is 18.5 Å². The average Bonchev–Trinajstić information content (AvgIpc) is 3.19. The zero-order valence-electron chi connectivity index (χ0n) is 19.1. The predicted octanol–water partition coefficient (Wildman–Crippen LogP) is 1.35. The molecule has 0 saturated carbocycles. The van der Waals surface area contributed by atoms with Crippen molar-refractivity contribution in [3.05, 3.63) is 42.2 Å². The average molecular weight is 428 g/mol. The minimum Gasteiger partial charge on any atom is -0.496 e. The predicted molar refractivity (Wildman–Crippen MR) is 123 cm³/mol. The van der Waals surface area contributed by atoms with Crippen LogP contribution in [0.3, 0.4) is 0 Å². The molecule has 1 amide bonds. The highest BCUT2D eigenvalue weighted by atomic mass is 16.5. The Morgan fingerprint density at radius 1 is 1.32 bits per heavy atom. The number of amides is 1. The van der Waals surface area contributed by atoms with Crippen LogP contribution in [-0.2, 0) is 11.8 Å². The number of para-hydroxylation sites is 1. The lowest BCUT2D eigenvalue weighted by Crippen LogP contribution is -2.55. The second-order valence-corrected chi connectivity index (χ2v) is 7.76. The molecule has 2 aromatic rings. The second-order valence-electron chi connectivity index (χ2n) is 7.76. The number of benzene rings is 1. The largest absolute Gasteiger partial charge is 0.496 e. The molecule has 1 aliphatic rings. The van der Waals surface area contributed by atoms with E-state index in [1.54, 1.807) is 22.9 Å². The molecule has 1 unspecified atom stereocenters. The molecule has 1 aromatic heterocycles. The van der Waals surface area contributed by atoms with Gasteiger partial charge in [0.1, 0.15) is 12.3 Å². The van der Waals surface area contributed by atoms with E-state index in [9.17, 15) is 4.79 Å².